The molecule has 0 atom stereocenters. The topological polar surface area (TPSA) is 61.3 Å². The third-order valence-electron chi connectivity index (χ3n) is 2.88. The normalized spacial score (nSPS) is 10.2. The molecule has 0 aliphatic carbocycles. The quantitative estimate of drug-likeness (QED) is 0.732. The summed E-state index contributed by atoms with van der Waals surface area (Å²) in [4.78, 5) is 20.4. The summed E-state index contributed by atoms with van der Waals surface area (Å²) in [5, 5.41) is 0. The van der Waals surface area contributed by atoms with Crippen molar-refractivity contribution in [1.82, 2.24) is 9.97 Å². The monoisotopic (exact) mass is 286 g/mol. The average molecular weight is 286 g/mol. The highest BCUT2D eigenvalue weighted by Crippen LogP contribution is 2.14. The summed E-state index contributed by atoms with van der Waals surface area (Å²) in [5.74, 6) is 1.13. The first-order chi connectivity index (χ1) is 10.2. The van der Waals surface area contributed by atoms with Gasteiger partial charge in [0.2, 0.25) is 5.88 Å². The van der Waals surface area contributed by atoms with Crippen LogP contribution in [0.3, 0.4) is 0 Å². The van der Waals surface area contributed by atoms with Gasteiger partial charge in [-0.2, -0.15) is 0 Å². The molecule has 0 aliphatic heterocycles. The minimum Gasteiger partial charge on any atom is -0.492 e. The minimum absolute atomic E-state index is 0.0172. The number of methoxy groups -OCH3 is 1. The number of carbonyl (C=O) groups is 1. The number of pyridine rings is 2. The van der Waals surface area contributed by atoms with Crippen LogP contribution in [0.4, 0.5) is 0 Å². The Morgan fingerprint density at radius 2 is 2.10 bits per heavy atom. The van der Waals surface area contributed by atoms with Gasteiger partial charge >= 0.3 is 0 Å². The van der Waals surface area contributed by atoms with Gasteiger partial charge in [-0.3, -0.25) is 9.78 Å². The lowest BCUT2D eigenvalue weighted by molar-refractivity contribution is 0.0992. The third-order valence-corrected chi connectivity index (χ3v) is 2.88. The summed E-state index contributed by atoms with van der Waals surface area (Å²) >= 11 is 0. The Morgan fingerprint density at radius 1 is 1.24 bits per heavy atom. The Bertz CT molecular complexity index is 597. The van der Waals surface area contributed by atoms with E-state index in [-0.39, 0.29) is 12.2 Å². The van der Waals surface area contributed by atoms with Crippen LogP contribution in [0, 0.1) is 0 Å². The van der Waals surface area contributed by atoms with Crippen LogP contribution in [0.25, 0.3) is 0 Å². The Hall–Kier alpha value is -2.43. The highest BCUT2D eigenvalue weighted by atomic mass is 16.5. The van der Waals surface area contributed by atoms with Gasteiger partial charge in [-0.1, -0.05) is 13.0 Å². The summed E-state index contributed by atoms with van der Waals surface area (Å²) in [6.07, 6.45) is 5.99. The summed E-state index contributed by atoms with van der Waals surface area (Å²) in [6, 6.07) is 5.29. The van der Waals surface area contributed by atoms with E-state index in [0.717, 1.165) is 12.0 Å². The van der Waals surface area contributed by atoms with Crippen molar-refractivity contribution in [2.45, 2.75) is 19.8 Å². The Balaban J connectivity index is 2.05. The second kappa shape index (κ2) is 7.38. The fourth-order valence-electron chi connectivity index (χ4n) is 1.79. The lowest BCUT2D eigenvalue weighted by Crippen LogP contribution is -2.05. The summed E-state index contributed by atoms with van der Waals surface area (Å²) in [6.45, 7) is 2.64. The molecule has 0 aliphatic rings. The fraction of sp³-hybridized carbons (Fsp3) is 0.312. The number of hydrogen-bond donors (Lipinski definition) is 0. The fourth-order valence-corrected chi connectivity index (χ4v) is 1.79. The molecule has 0 radical (unpaired) electrons. The highest BCUT2D eigenvalue weighted by molar-refractivity contribution is 5.97. The van der Waals surface area contributed by atoms with Crippen molar-refractivity contribution >= 4 is 5.78 Å². The molecule has 0 bridgehead atoms. The van der Waals surface area contributed by atoms with E-state index in [1.165, 1.54) is 0 Å². The number of carbonyl (C=O) groups excluding carboxylic acids is 1. The maximum absolute atomic E-state index is 12.2. The van der Waals surface area contributed by atoms with Crippen LogP contribution in [-0.2, 0) is 6.42 Å². The van der Waals surface area contributed by atoms with Gasteiger partial charge in [0.15, 0.2) is 5.78 Å². The first-order valence-electron chi connectivity index (χ1n) is 6.83. The standard InChI is InChI=1S/C16H18N2O3/c1-3-6-21-14-8-13(10-17-11-14)15(19)7-12-4-5-16(20-2)18-9-12/h4-5,8-11H,3,6-7H2,1-2H3. The number of Topliss-reactive ketones (excluding diaryl/α,β-unsaturated/α-hetero) is 1. The number of ether oxygens (including phenoxy) is 2. The van der Waals surface area contributed by atoms with Crippen LogP contribution in [-0.4, -0.2) is 29.5 Å². The third kappa shape index (κ3) is 4.27. The molecule has 0 spiro atoms. The van der Waals surface area contributed by atoms with Crippen LogP contribution >= 0.6 is 0 Å². The van der Waals surface area contributed by atoms with E-state index in [4.69, 9.17) is 9.47 Å². The molecule has 21 heavy (non-hydrogen) atoms. The first kappa shape index (κ1) is 15.0. The molecule has 5 nitrogen and oxygen atoms in total. The second-order valence-electron chi connectivity index (χ2n) is 4.57. The van der Waals surface area contributed by atoms with Crippen LogP contribution in [0.15, 0.2) is 36.8 Å². The van der Waals surface area contributed by atoms with E-state index in [2.05, 4.69) is 9.97 Å². The van der Waals surface area contributed by atoms with Crippen LogP contribution in [0.1, 0.15) is 29.3 Å². The maximum Gasteiger partial charge on any atom is 0.212 e. The van der Waals surface area contributed by atoms with Crippen molar-refractivity contribution in [3.8, 4) is 11.6 Å². The molecule has 110 valence electrons. The Kier molecular flexibility index (Phi) is 5.26. The van der Waals surface area contributed by atoms with Crippen molar-refractivity contribution in [2.24, 2.45) is 0 Å². The van der Waals surface area contributed by atoms with E-state index in [9.17, 15) is 4.79 Å². The predicted molar refractivity (Wildman–Crippen MR) is 78.8 cm³/mol. The molecule has 2 rings (SSSR count). The highest BCUT2D eigenvalue weighted by Gasteiger charge is 2.09. The van der Waals surface area contributed by atoms with E-state index in [1.54, 1.807) is 37.8 Å². The number of aromatic nitrogens is 2. The molecule has 0 amide bonds. The van der Waals surface area contributed by atoms with Gasteiger partial charge in [0.25, 0.3) is 0 Å². The molecule has 2 aromatic rings. The summed E-state index contributed by atoms with van der Waals surface area (Å²) < 4.78 is 10.5. The van der Waals surface area contributed by atoms with Crippen molar-refractivity contribution in [2.75, 3.05) is 13.7 Å². The predicted octanol–water partition coefficient (Wildman–Crippen LogP) is 2.70. The lowest BCUT2D eigenvalue weighted by Gasteiger charge is -2.06. The van der Waals surface area contributed by atoms with Gasteiger partial charge in [-0.25, -0.2) is 4.98 Å². The van der Waals surface area contributed by atoms with Crippen LogP contribution in [0.2, 0.25) is 0 Å². The van der Waals surface area contributed by atoms with Crippen LogP contribution in [0.5, 0.6) is 11.6 Å². The second-order valence-corrected chi connectivity index (χ2v) is 4.57. The zero-order chi connectivity index (χ0) is 15.1. The molecule has 0 saturated heterocycles. The van der Waals surface area contributed by atoms with Gasteiger partial charge in [-0.05, 0) is 18.1 Å². The Morgan fingerprint density at radius 3 is 2.76 bits per heavy atom. The van der Waals surface area contributed by atoms with Gasteiger partial charge in [-0.15, -0.1) is 0 Å². The van der Waals surface area contributed by atoms with E-state index in [1.807, 2.05) is 13.0 Å². The molecule has 0 fully saturated rings. The van der Waals surface area contributed by atoms with E-state index in [0.29, 0.717) is 23.8 Å². The summed E-state index contributed by atoms with van der Waals surface area (Å²) in [7, 11) is 1.56. The molecule has 0 saturated carbocycles. The smallest absolute Gasteiger partial charge is 0.212 e. The van der Waals surface area contributed by atoms with Crippen molar-refractivity contribution in [3.05, 3.63) is 47.9 Å². The SMILES string of the molecule is CCCOc1cncc(C(=O)Cc2ccc(OC)nc2)c1. The average Bonchev–Trinajstić information content (AvgIpc) is 2.54. The van der Waals surface area contributed by atoms with Crippen molar-refractivity contribution < 1.29 is 14.3 Å². The Labute approximate surface area is 124 Å². The zero-order valence-corrected chi connectivity index (χ0v) is 12.2. The molecule has 0 N–H and O–H groups in total. The molecule has 2 aromatic heterocycles. The van der Waals surface area contributed by atoms with Crippen molar-refractivity contribution in [1.29, 1.82) is 0 Å². The van der Waals surface area contributed by atoms with Gasteiger partial charge < -0.3 is 9.47 Å². The lowest BCUT2D eigenvalue weighted by atomic mass is 10.1. The first-order valence-corrected chi connectivity index (χ1v) is 6.83. The van der Waals surface area contributed by atoms with Gasteiger partial charge in [0.1, 0.15) is 5.75 Å². The zero-order valence-electron chi connectivity index (χ0n) is 12.2. The molecule has 0 unspecified atom stereocenters. The molecule has 2 heterocycles. The largest absolute Gasteiger partial charge is 0.492 e. The number of hydrogen-bond acceptors (Lipinski definition) is 5. The number of nitrogens with zero attached hydrogens (tertiary/aromatic N) is 2. The summed E-state index contributed by atoms with van der Waals surface area (Å²) in [5.41, 5.74) is 1.38. The molecular weight excluding hydrogens is 268 g/mol. The van der Waals surface area contributed by atoms with Gasteiger partial charge in [0.05, 0.1) is 19.9 Å². The van der Waals surface area contributed by atoms with Crippen molar-refractivity contribution in [3.63, 3.8) is 0 Å². The molecule has 5 heteroatoms. The number of rotatable bonds is 7. The molecule has 0 aromatic carbocycles. The maximum atomic E-state index is 12.2. The van der Waals surface area contributed by atoms with Gasteiger partial charge in [0, 0.05) is 30.4 Å². The molecular formula is C16H18N2O3. The minimum atomic E-state index is -0.0172. The van der Waals surface area contributed by atoms with E-state index >= 15 is 0 Å². The van der Waals surface area contributed by atoms with E-state index < -0.39 is 0 Å². The number of ketones is 1. The van der Waals surface area contributed by atoms with Crippen LogP contribution < -0.4 is 9.47 Å².